The van der Waals surface area contributed by atoms with Crippen molar-refractivity contribution in [3.63, 3.8) is 0 Å². The van der Waals surface area contributed by atoms with E-state index in [0.29, 0.717) is 6.10 Å². The molecule has 0 fully saturated rings. The highest BCUT2D eigenvalue weighted by Gasteiger charge is 2.17. The van der Waals surface area contributed by atoms with Crippen molar-refractivity contribution in [3.05, 3.63) is 28.8 Å². The fraction of sp³-hybridized carbons (Fsp3) is 0.500. The number of benzene rings is 1. The van der Waals surface area contributed by atoms with Crippen LogP contribution in [0.3, 0.4) is 0 Å². The van der Waals surface area contributed by atoms with Crippen molar-refractivity contribution in [2.45, 2.75) is 39.7 Å². The summed E-state index contributed by atoms with van der Waals surface area (Å²) in [6.07, 6.45) is 2.70. The van der Waals surface area contributed by atoms with E-state index in [-0.39, 0.29) is 0 Å². The Labute approximate surface area is 79.7 Å². The van der Waals surface area contributed by atoms with Gasteiger partial charge in [-0.2, -0.15) is 0 Å². The fourth-order valence-electron chi connectivity index (χ4n) is 2.01. The molecule has 0 saturated heterocycles. The summed E-state index contributed by atoms with van der Waals surface area (Å²) in [5.41, 5.74) is 4.08. The smallest absolute Gasteiger partial charge is 0.123 e. The van der Waals surface area contributed by atoms with Gasteiger partial charge in [0.05, 0.1) is 6.10 Å². The Morgan fingerprint density at radius 2 is 2.08 bits per heavy atom. The highest BCUT2D eigenvalue weighted by Crippen LogP contribution is 2.31. The first-order valence-corrected chi connectivity index (χ1v) is 4.93. The molecule has 0 amide bonds. The Morgan fingerprint density at radius 1 is 1.31 bits per heavy atom. The molecule has 2 rings (SSSR count). The highest BCUT2D eigenvalue weighted by atomic mass is 16.5. The Bertz CT molecular complexity index is 328. The average Bonchev–Trinajstić information content (AvgIpc) is 2.02. The van der Waals surface area contributed by atoms with E-state index in [1.807, 2.05) is 0 Å². The van der Waals surface area contributed by atoms with Gasteiger partial charge >= 0.3 is 0 Å². The fourth-order valence-corrected chi connectivity index (χ4v) is 2.01. The van der Waals surface area contributed by atoms with Crippen LogP contribution in [-0.4, -0.2) is 6.10 Å². The van der Waals surface area contributed by atoms with E-state index in [1.165, 1.54) is 23.1 Å². The van der Waals surface area contributed by atoms with E-state index in [1.54, 1.807) is 0 Å². The van der Waals surface area contributed by atoms with Gasteiger partial charge in [0.1, 0.15) is 5.75 Å². The van der Waals surface area contributed by atoms with Gasteiger partial charge in [0.15, 0.2) is 0 Å². The normalized spacial score (nSPS) is 20.7. The van der Waals surface area contributed by atoms with Gasteiger partial charge in [-0.05, 0) is 56.4 Å². The SMILES string of the molecule is Cc1cc(C)c2c(c1)OC(C)CC2. The summed E-state index contributed by atoms with van der Waals surface area (Å²) in [7, 11) is 0. The molecule has 0 radical (unpaired) electrons. The van der Waals surface area contributed by atoms with Crippen molar-refractivity contribution in [1.82, 2.24) is 0 Å². The molecule has 0 aromatic heterocycles. The maximum Gasteiger partial charge on any atom is 0.123 e. The summed E-state index contributed by atoms with van der Waals surface area (Å²) in [6.45, 7) is 6.43. The second-order valence-electron chi connectivity index (χ2n) is 4.03. The summed E-state index contributed by atoms with van der Waals surface area (Å²) in [5, 5.41) is 0. The first-order chi connectivity index (χ1) is 6.16. The molecule has 1 aromatic rings. The van der Waals surface area contributed by atoms with E-state index >= 15 is 0 Å². The molecular weight excluding hydrogens is 160 g/mol. The van der Waals surface area contributed by atoms with Gasteiger partial charge in [0, 0.05) is 0 Å². The van der Waals surface area contributed by atoms with E-state index in [9.17, 15) is 0 Å². The number of hydrogen-bond acceptors (Lipinski definition) is 1. The lowest BCUT2D eigenvalue weighted by atomic mass is 9.97. The number of hydrogen-bond donors (Lipinski definition) is 0. The standard InChI is InChI=1S/C12H16O/c1-8-6-9(2)11-5-4-10(3)13-12(11)7-8/h6-7,10H,4-5H2,1-3H3. The van der Waals surface area contributed by atoms with Gasteiger partial charge in [0.2, 0.25) is 0 Å². The molecule has 1 heterocycles. The minimum atomic E-state index is 0.383. The average molecular weight is 176 g/mol. The Hall–Kier alpha value is -0.980. The zero-order valence-corrected chi connectivity index (χ0v) is 8.55. The third-order valence-corrected chi connectivity index (χ3v) is 2.71. The molecule has 0 spiro atoms. The Morgan fingerprint density at radius 3 is 2.85 bits per heavy atom. The summed E-state index contributed by atoms with van der Waals surface area (Å²) in [6, 6.07) is 4.39. The highest BCUT2D eigenvalue weighted by molar-refractivity contribution is 5.44. The van der Waals surface area contributed by atoms with E-state index < -0.39 is 0 Å². The van der Waals surface area contributed by atoms with Crippen LogP contribution in [0.5, 0.6) is 5.75 Å². The topological polar surface area (TPSA) is 9.23 Å². The molecule has 1 heteroatoms. The molecule has 0 saturated carbocycles. The minimum Gasteiger partial charge on any atom is -0.490 e. The van der Waals surface area contributed by atoms with Crippen LogP contribution in [0.1, 0.15) is 30.0 Å². The summed E-state index contributed by atoms with van der Waals surface area (Å²) >= 11 is 0. The van der Waals surface area contributed by atoms with Crippen molar-refractivity contribution in [2.24, 2.45) is 0 Å². The number of rotatable bonds is 0. The van der Waals surface area contributed by atoms with Crippen LogP contribution in [0, 0.1) is 13.8 Å². The van der Waals surface area contributed by atoms with Gasteiger partial charge in [0.25, 0.3) is 0 Å². The second kappa shape index (κ2) is 3.06. The van der Waals surface area contributed by atoms with Crippen LogP contribution in [-0.2, 0) is 6.42 Å². The van der Waals surface area contributed by atoms with Crippen molar-refractivity contribution in [3.8, 4) is 5.75 Å². The molecule has 0 aliphatic carbocycles. The van der Waals surface area contributed by atoms with Crippen LogP contribution >= 0.6 is 0 Å². The largest absolute Gasteiger partial charge is 0.490 e. The summed E-state index contributed by atoms with van der Waals surface area (Å²) in [4.78, 5) is 0. The molecule has 70 valence electrons. The molecule has 1 aliphatic heterocycles. The predicted molar refractivity (Wildman–Crippen MR) is 54.3 cm³/mol. The second-order valence-corrected chi connectivity index (χ2v) is 4.03. The van der Waals surface area contributed by atoms with Gasteiger partial charge in [-0.1, -0.05) is 6.07 Å². The van der Waals surface area contributed by atoms with Gasteiger partial charge in [-0.15, -0.1) is 0 Å². The van der Waals surface area contributed by atoms with Gasteiger partial charge in [-0.3, -0.25) is 0 Å². The summed E-state index contributed by atoms with van der Waals surface area (Å²) in [5.74, 6) is 1.11. The van der Waals surface area contributed by atoms with E-state index in [0.717, 1.165) is 12.2 Å². The third kappa shape index (κ3) is 1.55. The number of fused-ring (bicyclic) bond motifs is 1. The molecule has 0 N–H and O–H groups in total. The molecule has 1 aliphatic rings. The van der Waals surface area contributed by atoms with Crippen molar-refractivity contribution in [1.29, 1.82) is 0 Å². The van der Waals surface area contributed by atoms with E-state index in [2.05, 4.69) is 32.9 Å². The lowest BCUT2D eigenvalue weighted by Gasteiger charge is -2.25. The lowest BCUT2D eigenvalue weighted by molar-refractivity contribution is 0.192. The zero-order chi connectivity index (χ0) is 9.42. The third-order valence-electron chi connectivity index (χ3n) is 2.71. The van der Waals surface area contributed by atoms with Gasteiger partial charge in [-0.25, -0.2) is 0 Å². The van der Waals surface area contributed by atoms with Crippen LogP contribution in [0.2, 0.25) is 0 Å². The number of aryl methyl sites for hydroxylation is 2. The monoisotopic (exact) mass is 176 g/mol. The van der Waals surface area contributed by atoms with Crippen LogP contribution < -0.4 is 4.74 Å². The molecule has 0 bridgehead atoms. The minimum absolute atomic E-state index is 0.383. The Balaban J connectivity index is 2.47. The van der Waals surface area contributed by atoms with Crippen molar-refractivity contribution < 1.29 is 4.74 Å². The predicted octanol–water partition coefficient (Wildman–Crippen LogP) is 3.02. The molecule has 1 nitrogen and oxygen atoms in total. The molecule has 1 unspecified atom stereocenters. The van der Waals surface area contributed by atoms with Crippen molar-refractivity contribution >= 4 is 0 Å². The molecule has 13 heavy (non-hydrogen) atoms. The van der Waals surface area contributed by atoms with Crippen LogP contribution in [0.25, 0.3) is 0 Å². The molecule has 1 atom stereocenters. The number of ether oxygens (including phenoxy) is 1. The Kier molecular flexibility index (Phi) is 2.03. The van der Waals surface area contributed by atoms with Gasteiger partial charge < -0.3 is 4.74 Å². The molecule has 1 aromatic carbocycles. The van der Waals surface area contributed by atoms with Crippen molar-refractivity contribution in [2.75, 3.05) is 0 Å². The maximum absolute atomic E-state index is 5.79. The molecular formula is C12H16O. The lowest BCUT2D eigenvalue weighted by Crippen LogP contribution is -2.19. The van der Waals surface area contributed by atoms with Crippen LogP contribution in [0.15, 0.2) is 12.1 Å². The van der Waals surface area contributed by atoms with E-state index in [4.69, 9.17) is 4.74 Å². The first kappa shape index (κ1) is 8.61. The zero-order valence-electron chi connectivity index (χ0n) is 8.55. The maximum atomic E-state index is 5.79. The quantitative estimate of drug-likeness (QED) is 0.590. The first-order valence-electron chi connectivity index (χ1n) is 4.93. The summed E-state index contributed by atoms with van der Waals surface area (Å²) < 4.78 is 5.79. The van der Waals surface area contributed by atoms with Crippen LogP contribution in [0.4, 0.5) is 0 Å².